The highest BCUT2D eigenvalue weighted by Crippen LogP contribution is 2.38. The van der Waals surface area contributed by atoms with E-state index >= 15 is 0 Å². The van der Waals surface area contributed by atoms with Crippen molar-refractivity contribution in [1.82, 2.24) is 14.9 Å². The highest BCUT2D eigenvalue weighted by atomic mass is 32.2. The molecule has 0 fully saturated rings. The number of thioether (sulfide) groups is 1. The van der Waals surface area contributed by atoms with Crippen LogP contribution < -0.4 is 5.73 Å². The molecule has 1 amide bonds. The number of rotatable bonds is 5. The van der Waals surface area contributed by atoms with Crippen LogP contribution in [0.25, 0.3) is 10.2 Å². The maximum absolute atomic E-state index is 12.5. The van der Waals surface area contributed by atoms with Crippen molar-refractivity contribution < 1.29 is 4.79 Å². The number of hydrogen-bond acceptors (Lipinski definition) is 7. The Morgan fingerprint density at radius 3 is 2.93 bits per heavy atom. The molecule has 5 nitrogen and oxygen atoms in total. The van der Waals surface area contributed by atoms with Gasteiger partial charge >= 0.3 is 0 Å². The van der Waals surface area contributed by atoms with Crippen molar-refractivity contribution in [3.63, 3.8) is 0 Å². The molecule has 1 aliphatic carbocycles. The lowest BCUT2D eigenvalue weighted by atomic mass is 9.97. The van der Waals surface area contributed by atoms with Crippen molar-refractivity contribution in [1.29, 1.82) is 0 Å². The van der Waals surface area contributed by atoms with Gasteiger partial charge in [0, 0.05) is 16.8 Å². The van der Waals surface area contributed by atoms with E-state index in [4.69, 9.17) is 5.73 Å². The van der Waals surface area contributed by atoms with E-state index < -0.39 is 0 Å². The van der Waals surface area contributed by atoms with Crippen LogP contribution in [0.5, 0.6) is 0 Å². The molecule has 142 valence electrons. The number of anilines is 1. The van der Waals surface area contributed by atoms with E-state index in [-0.39, 0.29) is 5.91 Å². The molecular formula is C19H22N4OS3. The summed E-state index contributed by atoms with van der Waals surface area (Å²) in [6, 6.07) is 2.08. The second-order valence-electron chi connectivity index (χ2n) is 6.85. The Morgan fingerprint density at radius 1 is 1.33 bits per heavy atom. The lowest BCUT2D eigenvalue weighted by molar-refractivity contribution is -0.127. The maximum Gasteiger partial charge on any atom is 0.233 e. The molecule has 4 rings (SSSR count). The van der Waals surface area contributed by atoms with E-state index in [0.29, 0.717) is 23.3 Å². The molecule has 1 aliphatic rings. The molecule has 3 aromatic heterocycles. The quantitative estimate of drug-likeness (QED) is 0.495. The zero-order valence-corrected chi connectivity index (χ0v) is 17.9. The number of aryl methyl sites for hydroxylation is 3. The third-order valence-electron chi connectivity index (χ3n) is 4.92. The van der Waals surface area contributed by atoms with Gasteiger partial charge in [-0.1, -0.05) is 11.8 Å². The lowest BCUT2D eigenvalue weighted by Crippen LogP contribution is -2.27. The smallest absolute Gasteiger partial charge is 0.233 e. The van der Waals surface area contributed by atoms with Crippen molar-refractivity contribution in [2.45, 2.75) is 44.3 Å². The van der Waals surface area contributed by atoms with Crippen LogP contribution in [-0.4, -0.2) is 33.6 Å². The van der Waals surface area contributed by atoms with Crippen molar-refractivity contribution in [3.05, 3.63) is 32.3 Å². The van der Waals surface area contributed by atoms with E-state index in [1.54, 1.807) is 27.6 Å². The third-order valence-corrected chi connectivity index (χ3v) is 7.95. The van der Waals surface area contributed by atoms with Crippen LogP contribution in [0.4, 0.5) is 5.82 Å². The Balaban J connectivity index is 1.45. The van der Waals surface area contributed by atoms with Gasteiger partial charge in [-0.25, -0.2) is 9.97 Å². The zero-order chi connectivity index (χ0) is 19.0. The van der Waals surface area contributed by atoms with E-state index in [2.05, 4.69) is 28.3 Å². The van der Waals surface area contributed by atoms with Crippen LogP contribution in [0, 0.1) is 6.92 Å². The number of hydrogen-bond donors (Lipinski definition) is 1. The normalized spacial score (nSPS) is 13.7. The summed E-state index contributed by atoms with van der Waals surface area (Å²) in [5.74, 6) is 0.939. The van der Waals surface area contributed by atoms with Crippen molar-refractivity contribution in [2.75, 3.05) is 18.5 Å². The van der Waals surface area contributed by atoms with E-state index in [1.165, 1.54) is 45.5 Å². The fraction of sp³-hybridized carbons (Fsp3) is 0.421. The fourth-order valence-corrected chi connectivity index (χ4v) is 6.41. The van der Waals surface area contributed by atoms with Gasteiger partial charge in [-0.3, -0.25) is 4.79 Å². The van der Waals surface area contributed by atoms with Crippen LogP contribution in [0.1, 0.15) is 33.7 Å². The topological polar surface area (TPSA) is 72.1 Å². The summed E-state index contributed by atoms with van der Waals surface area (Å²) in [6.45, 7) is 2.72. The molecule has 0 bridgehead atoms. The highest BCUT2D eigenvalue weighted by molar-refractivity contribution is 7.99. The van der Waals surface area contributed by atoms with Crippen LogP contribution in [0.2, 0.25) is 0 Å². The first-order valence-corrected chi connectivity index (χ1v) is 11.7. The van der Waals surface area contributed by atoms with Crippen LogP contribution in [0.15, 0.2) is 16.6 Å². The largest absolute Gasteiger partial charge is 0.383 e. The molecule has 0 saturated heterocycles. The van der Waals surface area contributed by atoms with Gasteiger partial charge in [0.25, 0.3) is 0 Å². The monoisotopic (exact) mass is 418 g/mol. The van der Waals surface area contributed by atoms with Gasteiger partial charge in [0.05, 0.1) is 17.7 Å². The molecule has 0 saturated carbocycles. The predicted molar refractivity (Wildman–Crippen MR) is 115 cm³/mol. The molecule has 27 heavy (non-hydrogen) atoms. The first-order valence-electron chi connectivity index (χ1n) is 9.00. The van der Waals surface area contributed by atoms with Gasteiger partial charge in [-0.15, -0.1) is 22.7 Å². The summed E-state index contributed by atoms with van der Waals surface area (Å²) in [5, 5.41) is 3.69. The number of thiophene rings is 2. The summed E-state index contributed by atoms with van der Waals surface area (Å²) in [5.41, 5.74) is 8.82. The summed E-state index contributed by atoms with van der Waals surface area (Å²) in [7, 11) is 1.84. The van der Waals surface area contributed by atoms with Gasteiger partial charge in [-0.2, -0.15) is 0 Å². The SMILES string of the molecule is Cc1ccsc1CN(C)C(=O)CSc1nc(N)c2c3c(sc2n1)CCCC3. The number of amides is 1. The average Bonchev–Trinajstić information content (AvgIpc) is 3.22. The van der Waals surface area contributed by atoms with Gasteiger partial charge in [0.2, 0.25) is 5.91 Å². The summed E-state index contributed by atoms with van der Waals surface area (Å²) >= 11 is 4.79. The minimum Gasteiger partial charge on any atom is -0.383 e. The first kappa shape index (κ1) is 18.7. The molecule has 0 aliphatic heterocycles. The Bertz CT molecular complexity index is 994. The zero-order valence-electron chi connectivity index (χ0n) is 15.4. The molecule has 0 unspecified atom stereocenters. The minimum absolute atomic E-state index is 0.0699. The maximum atomic E-state index is 12.5. The number of nitrogens with two attached hydrogens (primary N) is 1. The van der Waals surface area contributed by atoms with Crippen molar-refractivity contribution in [2.24, 2.45) is 0 Å². The lowest BCUT2D eigenvalue weighted by Gasteiger charge is -2.16. The first-order chi connectivity index (χ1) is 13.0. The number of carbonyl (C=O) groups excluding carboxylic acids is 1. The third kappa shape index (κ3) is 3.83. The highest BCUT2D eigenvalue weighted by Gasteiger charge is 2.20. The van der Waals surface area contributed by atoms with Crippen LogP contribution >= 0.6 is 34.4 Å². The Labute approximate surface area is 171 Å². The van der Waals surface area contributed by atoms with Crippen molar-refractivity contribution in [3.8, 4) is 0 Å². The molecule has 0 spiro atoms. The second-order valence-corrected chi connectivity index (χ2v) is 9.87. The molecular weight excluding hydrogens is 396 g/mol. The Morgan fingerprint density at radius 2 is 2.15 bits per heavy atom. The summed E-state index contributed by atoms with van der Waals surface area (Å²) in [6.07, 6.45) is 4.63. The molecule has 3 heterocycles. The Kier molecular flexibility index (Phi) is 5.39. The minimum atomic E-state index is 0.0699. The molecule has 3 aromatic rings. The van der Waals surface area contributed by atoms with Crippen LogP contribution in [0.3, 0.4) is 0 Å². The van der Waals surface area contributed by atoms with Gasteiger partial charge < -0.3 is 10.6 Å². The Hall–Kier alpha value is -1.64. The van der Waals surface area contributed by atoms with Gasteiger partial charge in [-0.05, 0) is 55.2 Å². The molecule has 0 radical (unpaired) electrons. The number of nitrogen functional groups attached to an aromatic ring is 1. The molecule has 0 aromatic carbocycles. The van der Waals surface area contributed by atoms with Crippen LogP contribution in [-0.2, 0) is 24.2 Å². The molecule has 8 heteroatoms. The number of nitrogens with zero attached hydrogens (tertiary/aromatic N) is 3. The number of carbonyl (C=O) groups is 1. The molecule has 0 atom stereocenters. The average molecular weight is 419 g/mol. The van der Waals surface area contributed by atoms with Crippen molar-refractivity contribution >= 4 is 56.4 Å². The van der Waals surface area contributed by atoms with Gasteiger partial charge in [0.15, 0.2) is 5.16 Å². The summed E-state index contributed by atoms with van der Waals surface area (Å²) in [4.78, 5) is 27.0. The van der Waals surface area contributed by atoms with Gasteiger partial charge in [0.1, 0.15) is 10.6 Å². The number of aromatic nitrogens is 2. The van der Waals surface area contributed by atoms with E-state index in [1.807, 2.05) is 7.05 Å². The second kappa shape index (κ2) is 7.77. The van der Waals surface area contributed by atoms with E-state index in [9.17, 15) is 4.79 Å². The summed E-state index contributed by atoms with van der Waals surface area (Å²) < 4.78 is 0. The van der Waals surface area contributed by atoms with E-state index in [0.717, 1.165) is 23.1 Å². The fourth-order valence-electron chi connectivity index (χ4n) is 3.34. The number of fused-ring (bicyclic) bond motifs is 3. The molecule has 2 N–H and O–H groups in total. The standard InChI is InChI=1S/C19H22N4OS3/c1-11-7-8-25-14(11)9-23(2)15(24)10-26-19-21-17(20)16-12-5-3-4-6-13(12)27-18(16)22-19/h7-8H,3-6,9-10H2,1-2H3,(H2,20,21,22). The predicted octanol–water partition coefficient (Wildman–Crippen LogP) is 4.27.